The second-order valence-corrected chi connectivity index (χ2v) is 11.2. The predicted octanol–water partition coefficient (Wildman–Crippen LogP) is 7.81. The van der Waals surface area contributed by atoms with Gasteiger partial charge in [-0.25, -0.2) is 0 Å². The minimum Gasteiger partial charge on any atom is -0.457 e. The lowest BCUT2D eigenvalue weighted by molar-refractivity contribution is -0.148. The van der Waals surface area contributed by atoms with Crippen LogP contribution < -0.4 is 0 Å². The molecule has 2 aliphatic rings. The van der Waals surface area contributed by atoms with Crippen LogP contribution in [0.1, 0.15) is 99.8 Å². The fourth-order valence-electron chi connectivity index (χ4n) is 4.90. The van der Waals surface area contributed by atoms with Crippen LogP contribution in [-0.2, 0) is 14.3 Å². The van der Waals surface area contributed by atoms with Crippen LogP contribution in [0, 0.1) is 23.2 Å². The highest BCUT2D eigenvalue weighted by molar-refractivity contribution is 5.69. The number of esters is 1. The van der Waals surface area contributed by atoms with Gasteiger partial charge in [0.1, 0.15) is 6.10 Å². The Labute approximate surface area is 197 Å². The highest BCUT2D eigenvalue weighted by atomic mass is 16.6. The van der Waals surface area contributed by atoms with Crippen molar-refractivity contribution in [2.45, 2.75) is 118 Å². The van der Waals surface area contributed by atoms with Crippen molar-refractivity contribution in [3.05, 3.63) is 36.0 Å². The predicted molar refractivity (Wildman–Crippen MR) is 134 cm³/mol. The van der Waals surface area contributed by atoms with E-state index in [0.717, 1.165) is 37.7 Å². The van der Waals surface area contributed by atoms with Gasteiger partial charge in [0.2, 0.25) is 0 Å². The van der Waals surface area contributed by atoms with Crippen molar-refractivity contribution in [1.29, 1.82) is 0 Å². The lowest BCUT2D eigenvalue weighted by Gasteiger charge is -2.26. The molecular weight excluding hydrogens is 396 g/mol. The minimum absolute atomic E-state index is 0.0724. The Hall–Kier alpha value is -1.35. The monoisotopic (exact) mass is 444 g/mol. The Balaban J connectivity index is 1.96. The van der Waals surface area contributed by atoms with Gasteiger partial charge >= 0.3 is 5.97 Å². The molecule has 6 unspecified atom stereocenters. The van der Waals surface area contributed by atoms with Crippen molar-refractivity contribution >= 4 is 5.97 Å². The lowest BCUT2D eigenvalue weighted by Crippen LogP contribution is -2.26. The topological polar surface area (TPSA) is 38.8 Å². The van der Waals surface area contributed by atoms with E-state index in [0.29, 0.717) is 30.5 Å². The Morgan fingerprint density at radius 2 is 2.03 bits per heavy atom. The first-order valence-corrected chi connectivity index (χ1v) is 13.0. The summed E-state index contributed by atoms with van der Waals surface area (Å²) in [6.45, 7) is 15.7. The maximum atomic E-state index is 12.5. The molecule has 3 heteroatoms. The van der Waals surface area contributed by atoms with E-state index < -0.39 is 0 Å². The first kappa shape index (κ1) is 26.9. The maximum Gasteiger partial charge on any atom is 0.306 e. The molecule has 1 saturated heterocycles. The second kappa shape index (κ2) is 12.8. The number of carbonyl (C=O) groups is 1. The van der Waals surface area contributed by atoms with Gasteiger partial charge in [-0.1, -0.05) is 84.8 Å². The highest BCUT2D eigenvalue weighted by Crippen LogP contribution is 2.36. The van der Waals surface area contributed by atoms with E-state index >= 15 is 0 Å². The van der Waals surface area contributed by atoms with Crippen molar-refractivity contribution in [1.82, 2.24) is 0 Å². The second-order valence-electron chi connectivity index (χ2n) is 11.2. The van der Waals surface area contributed by atoms with E-state index in [1.165, 1.54) is 12.8 Å². The van der Waals surface area contributed by atoms with Crippen molar-refractivity contribution in [2.75, 3.05) is 0 Å². The van der Waals surface area contributed by atoms with Gasteiger partial charge in [-0.15, -0.1) is 0 Å². The van der Waals surface area contributed by atoms with Crippen LogP contribution in [-0.4, -0.2) is 24.3 Å². The molecule has 0 amide bonds. The minimum atomic E-state index is -0.202. The van der Waals surface area contributed by atoms with Crippen molar-refractivity contribution < 1.29 is 14.3 Å². The summed E-state index contributed by atoms with van der Waals surface area (Å²) in [7, 11) is 0. The van der Waals surface area contributed by atoms with E-state index in [4.69, 9.17) is 9.47 Å². The first-order valence-electron chi connectivity index (χ1n) is 13.0. The van der Waals surface area contributed by atoms with Gasteiger partial charge in [0.25, 0.3) is 0 Å². The third kappa shape index (κ3) is 9.25. The molecule has 0 aromatic rings. The Bertz CT molecular complexity index is 672. The third-order valence-corrected chi connectivity index (χ3v) is 7.11. The van der Waals surface area contributed by atoms with Gasteiger partial charge in [0.05, 0.1) is 12.2 Å². The number of rotatable bonds is 8. The van der Waals surface area contributed by atoms with Gasteiger partial charge in [0.15, 0.2) is 0 Å². The van der Waals surface area contributed by atoms with Gasteiger partial charge in [-0.3, -0.25) is 4.79 Å². The largest absolute Gasteiger partial charge is 0.457 e. The van der Waals surface area contributed by atoms with Crippen LogP contribution in [0.4, 0.5) is 0 Å². The number of allylic oxidation sites excluding steroid dienone is 4. The summed E-state index contributed by atoms with van der Waals surface area (Å²) in [5.74, 6) is 1.23. The number of epoxide rings is 1. The molecule has 0 N–H and O–H groups in total. The number of hydrogen-bond acceptors (Lipinski definition) is 3. The Morgan fingerprint density at radius 3 is 2.75 bits per heavy atom. The summed E-state index contributed by atoms with van der Waals surface area (Å²) in [5.41, 5.74) is 1.39. The average Bonchev–Trinajstić information content (AvgIpc) is 3.47. The molecule has 32 heavy (non-hydrogen) atoms. The zero-order chi connectivity index (χ0) is 23.7. The number of hydrogen-bond donors (Lipinski definition) is 0. The molecule has 0 saturated carbocycles. The van der Waals surface area contributed by atoms with Crippen molar-refractivity contribution in [2.24, 2.45) is 23.2 Å². The molecule has 6 atom stereocenters. The fraction of sp³-hybridized carbons (Fsp3) is 0.759. The summed E-state index contributed by atoms with van der Waals surface area (Å²) in [4.78, 5) is 12.5. The fourth-order valence-corrected chi connectivity index (χ4v) is 4.90. The molecule has 0 aromatic carbocycles. The van der Waals surface area contributed by atoms with E-state index in [1.807, 2.05) is 0 Å². The standard InChI is InChI=1S/C29H48O3/c1-8-13-22(3)28-25(31-28)20-21(2)14-11-15-23(4)27-24(5)16-12-19-29(6,7)18-10-9-17-26(30)32-27/h11-12,14-16,21-22,24-25,27-28H,8-10,13,17-20H2,1-7H3/b14-11+,16-12+,23-15+. The van der Waals surface area contributed by atoms with Gasteiger partial charge in [-0.05, 0) is 61.9 Å². The highest BCUT2D eigenvalue weighted by Gasteiger charge is 2.42. The lowest BCUT2D eigenvalue weighted by atomic mass is 9.83. The molecule has 1 fully saturated rings. The molecule has 182 valence electrons. The quantitative estimate of drug-likeness (QED) is 0.166. The third-order valence-electron chi connectivity index (χ3n) is 7.11. The van der Waals surface area contributed by atoms with Crippen LogP contribution in [0.3, 0.4) is 0 Å². The molecule has 2 rings (SSSR count). The Morgan fingerprint density at radius 1 is 1.28 bits per heavy atom. The zero-order valence-electron chi connectivity index (χ0n) is 21.7. The maximum absolute atomic E-state index is 12.5. The normalized spacial score (nSPS) is 32.5. The molecule has 2 aliphatic heterocycles. The number of ether oxygens (including phenoxy) is 2. The van der Waals surface area contributed by atoms with Crippen molar-refractivity contribution in [3.63, 3.8) is 0 Å². The van der Waals surface area contributed by atoms with Gasteiger partial charge < -0.3 is 9.47 Å². The molecule has 0 spiro atoms. The number of cyclic esters (lactones) is 1. The Kier molecular flexibility index (Phi) is 10.7. The molecule has 0 bridgehead atoms. The first-order chi connectivity index (χ1) is 15.1. The van der Waals surface area contributed by atoms with Crippen LogP contribution in [0.2, 0.25) is 0 Å². The van der Waals surface area contributed by atoms with E-state index in [1.54, 1.807) is 0 Å². The summed E-state index contributed by atoms with van der Waals surface area (Å²) in [5, 5.41) is 0. The van der Waals surface area contributed by atoms with Gasteiger partial charge in [-0.2, -0.15) is 0 Å². The van der Waals surface area contributed by atoms with Crippen LogP contribution in [0.5, 0.6) is 0 Å². The van der Waals surface area contributed by atoms with Crippen LogP contribution in [0.15, 0.2) is 36.0 Å². The molecular formula is C29H48O3. The average molecular weight is 445 g/mol. The van der Waals surface area contributed by atoms with E-state index in [-0.39, 0.29) is 23.4 Å². The summed E-state index contributed by atoms with van der Waals surface area (Å²) < 4.78 is 11.8. The molecule has 0 radical (unpaired) electrons. The van der Waals surface area contributed by atoms with Crippen LogP contribution >= 0.6 is 0 Å². The summed E-state index contributed by atoms with van der Waals surface area (Å²) in [6.07, 6.45) is 20.0. The summed E-state index contributed by atoms with van der Waals surface area (Å²) in [6, 6.07) is 0. The SMILES string of the molecule is CCCC(C)C1OC1CC(C)/C=C/C=C(\C)C1OC(=O)CCCCC(C)(C)C/C=C/C1C. The van der Waals surface area contributed by atoms with Crippen molar-refractivity contribution in [3.8, 4) is 0 Å². The van der Waals surface area contributed by atoms with Crippen LogP contribution in [0.25, 0.3) is 0 Å². The van der Waals surface area contributed by atoms with Gasteiger partial charge in [0, 0.05) is 12.3 Å². The zero-order valence-corrected chi connectivity index (χ0v) is 21.7. The smallest absolute Gasteiger partial charge is 0.306 e. The molecule has 2 heterocycles. The van der Waals surface area contributed by atoms with E-state index in [2.05, 4.69) is 78.8 Å². The van der Waals surface area contributed by atoms with E-state index in [9.17, 15) is 4.79 Å². The summed E-state index contributed by atoms with van der Waals surface area (Å²) >= 11 is 0. The molecule has 3 nitrogen and oxygen atoms in total. The molecule has 0 aromatic heterocycles. The molecule has 0 aliphatic carbocycles. The number of carbonyl (C=O) groups excluding carboxylic acids is 1.